The Labute approximate surface area is 141 Å². The van der Waals surface area contributed by atoms with Crippen LogP contribution in [0.5, 0.6) is 0 Å². The van der Waals surface area contributed by atoms with E-state index in [4.69, 9.17) is 0 Å². The van der Waals surface area contributed by atoms with E-state index >= 15 is 0 Å². The predicted octanol–water partition coefficient (Wildman–Crippen LogP) is 3.65. The van der Waals surface area contributed by atoms with Crippen molar-refractivity contribution in [2.75, 3.05) is 14.1 Å². The normalized spacial score (nSPS) is 14.1. The molecule has 0 aromatic heterocycles. The molecular formula is C20H27NOSi. The van der Waals surface area contributed by atoms with Gasteiger partial charge in [0.1, 0.15) is 0 Å². The zero-order valence-corrected chi connectivity index (χ0v) is 15.8. The van der Waals surface area contributed by atoms with Gasteiger partial charge >= 0.3 is 0 Å². The highest BCUT2D eigenvalue weighted by Crippen LogP contribution is 2.34. The van der Waals surface area contributed by atoms with Crippen molar-refractivity contribution in [1.29, 1.82) is 0 Å². The fraction of sp³-hybridized carbons (Fsp3) is 0.350. The molecule has 0 bridgehead atoms. The van der Waals surface area contributed by atoms with Crippen LogP contribution in [0.25, 0.3) is 0 Å². The fourth-order valence-electron chi connectivity index (χ4n) is 3.59. The lowest BCUT2D eigenvalue weighted by Crippen LogP contribution is -2.52. The number of rotatable bonds is 5. The quantitative estimate of drug-likeness (QED) is 0.769. The molecule has 2 nitrogen and oxygen atoms in total. The molecule has 1 amide bonds. The molecule has 2 atom stereocenters. The van der Waals surface area contributed by atoms with Crippen LogP contribution in [0.4, 0.5) is 0 Å². The van der Waals surface area contributed by atoms with Crippen LogP contribution in [0.15, 0.2) is 60.7 Å². The van der Waals surface area contributed by atoms with Crippen molar-refractivity contribution in [3.05, 3.63) is 66.2 Å². The highest BCUT2D eigenvalue weighted by molar-refractivity contribution is 6.91. The van der Waals surface area contributed by atoms with Gasteiger partial charge in [0.05, 0.1) is 8.07 Å². The summed E-state index contributed by atoms with van der Waals surface area (Å²) in [7, 11) is 1.82. The first-order chi connectivity index (χ1) is 10.9. The number of hydrogen-bond acceptors (Lipinski definition) is 1. The topological polar surface area (TPSA) is 20.3 Å². The Balaban J connectivity index is 2.52. The molecular weight excluding hydrogens is 298 g/mol. The van der Waals surface area contributed by atoms with E-state index in [1.807, 2.05) is 20.2 Å². The molecule has 0 heterocycles. The minimum Gasteiger partial charge on any atom is -0.349 e. The first-order valence-corrected chi connectivity index (χ1v) is 11.2. The van der Waals surface area contributed by atoms with Crippen molar-refractivity contribution < 1.29 is 4.79 Å². The Morgan fingerprint density at radius 3 is 1.87 bits per heavy atom. The molecule has 0 aliphatic carbocycles. The molecule has 2 aromatic rings. The van der Waals surface area contributed by atoms with E-state index in [-0.39, 0.29) is 17.4 Å². The summed E-state index contributed by atoms with van der Waals surface area (Å²) in [5.41, 5.74) is 1.52. The van der Waals surface area contributed by atoms with Crippen molar-refractivity contribution in [2.45, 2.75) is 25.6 Å². The van der Waals surface area contributed by atoms with Crippen LogP contribution in [0.1, 0.15) is 18.0 Å². The lowest BCUT2D eigenvalue weighted by molar-refractivity contribution is -0.132. The van der Waals surface area contributed by atoms with Crippen LogP contribution in [0, 0.1) is 5.92 Å². The molecule has 0 unspecified atom stereocenters. The van der Waals surface area contributed by atoms with Crippen molar-refractivity contribution in [1.82, 2.24) is 4.90 Å². The number of amides is 1. The van der Waals surface area contributed by atoms with Crippen LogP contribution >= 0.6 is 0 Å². The second kappa shape index (κ2) is 7.13. The van der Waals surface area contributed by atoms with Gasteiger partial charge in [-0.25, -0.2) is 0 Å². The number of carbonyl (C=O) groups is 1. The third-order valence-corrected chi connectivity index (χ3v) is 8.99. The summed E-state index contributed by atoms with van der Waals surface area (Å²) in [6.45, 7) is 6.83. The maximum Gasteiger partial charge on any atom is 0.225 e. The first kappa shape index (κ1) is 17.5. The van der Waals surface area contributed by atoms with E-state index in [0.29, 0.717) is 0 Å². The Hall–Kier alpha value is -1.87. The second-order valence-corrected chi connectivity index (χ2v) is 11.6. The van der Waals surface area contributed by atoms with Gasteiger partial charge in [0, 0.05) is 20.0 Å². The molecule has 0 radical (unpaired) electrons. The predicted molar refractivity (Wildman–Crippen MR) is 101 cm³/mol. The molecule has 122 valence electrons. The molecule has 3 heteroatoms. The van der Waals surface area contributed by atoms with Gasteiger partial charge in [0.2, 0.25) is 5.91 Å². The number of nitrogens with zero attached hydrogens (tertiary/aromatic N) is 1. The molecule has 0 saturated heterocycles. The Morgan fingerprint density at radius 1 is 0.913 bits per heavy atom. The maximum atomic E-state index is 12.7. The lowest BCUT2D eigenvalue weighted by atomic mass is 9.99. The molecule has 0 spiro atoms. The van der Waals surface area contributed by atoms with Gasteiger partial charge in [-0.05, 0) is 11.1 Å². The summed E-state index contributed by atoms with van der Waals surface area (Å²) in [6.07, 6.45) is 0. The summed E-state index contributed by atoms with van der Waals surface area (Å²) in [6, 6.07) is 21.2. The Bertz CT molecular complexity index is 637. The van der Waals surface area contributed by atoms with Crippen LogP contribution in [0.2, 0.25) is 13.1 Å². The number of hydrogen-bond donors (Lipinski definition) is 0. The summed E-state index contributed by atoms with van der Waals surface area (Å²) in [5, 5.41) is 1.40. The zero-order valence-electron chi connectivity index (χ0n) is 14.8. The Kier molecular flexibility index (Phi) is 5.42. The average Bonchev–Trinajstić information content (AvgIpc) is 2.55. The third-order valence-electron chi connectivity index (χ3n) is 4.78. The van der Waals surface area contributed by atoms with E-state index in [1.165, 1.54) is 10.8 Å². The molecule has 2 rings (SSSR count). The summed E-state index contributed by atoms with van der Waals surface area (Å²) in [5.74, 6) is 0.171. The SMILES string of the molecule is C[C@@H](C(=O)N(C)C)[C@H](c1ccccc1)[Si](C)(C)c1ccccc1. The van der Waals surface area contributed by atoms with E-state index in [9.17, 15) is 4.79 Å². The zero-order chi connectivity index (χ0) is 17.0. The third kappa shape index (κ3) is 3.73. The van der Waals surface area contributed by atoms with E-state index in [2.05, 4.69) is 74.6 Å². The van der Waals surface area contributed by atoms with E-state index < -0.39 is 8.07 Å². The van der Waals surface area contributed by atoms with Crippen LogP contribution < -0.4 is 5.19 Å². The smallest absolute Gasteiger partial charge is 0.225 e. The van der Waals surface area contributed by atoms with Gasteiger partial charge < -0.3 is 4.90 Å². The first-order valence-electron chi connectivity index (χ1n) is 8.17. The van der Waals surface area contributed by atoms with Gasteiger partial charge in [-0.3, -0.25) is 4.79 Å². The van der Waals surface area contributed by atoms with Crippen molar-refractivity contribution >= 4 is 19.2 Å². The highest BCUT2D eigenvalue weighted by atomic mass is 28.3. The fourth-order valence-corrected chi connectivity index (χ4v) is 7.42. The molecule has 23 heavy (non-hydrogen) atoms. The lowest BCUT2D eigenvalue weighted by Gasteiger charge is -2.38. The molecule has 0 N–H and O–H groups in total. The second-order valence-electron chi connectivity index (χ2n) is 7.00. The summed E-state index contributed by atoms with van der Waals surface area (Å²) < 4.78 is 0. The number of benzene rings is 2. The molecule has 2 aromatic carbocycles. The van der Waals surface area contributed by atoms with Gasteiger partial charge in [0.15, 0.2) is 0 Å². The molecule has 0 saturated carbocycles. The molecule has 0 fully saturated rings. The van der Waals surface area contributed by atoms with Crippen LogP contribution in [-0.2, 0) is 4.79 Å². The van der Waals surface area contributed by atoms with Gasteiger partial charge in [-0.1, -0.05) is 85.9 Å². The van der Waals surface area contributed by atoms with Crippen LogP contribution in [-0.4, -0.2) is 33.0 Å². The van der Waals surface area contributed by atoms with Gasteiger partial charge in [-0.15, -0.1) is 0 Å². The minimum atomic E-state index is -1.87. The van der Waals surface area contributed by atoms with Crippen LogP contribution in [0.3, 0.4) is 0 Å². The van der Waals surface area contributed by atoms with E-state index in [0.717, 1.165) is 0 Å². The van der Waals surface area contributed by atoms with Gasteiger partial charge in [0.25, 0.3) is 0 Å². The maximum absolute atomic E-state index is 12.7. The van der Waals surface area contributed by atoms with Crippen molar-refractivity contribution in [3.63, 3.8) is 0 Å². The summed E-state index contributed by atoms with van der Waals surface area (Å²) >= 11 is 0. The molecule has 0 aliphatic rings. The molecule has 0 aliphatic heterocycles. The highest BCUT2D eigenvalue weighted by Gasteiger charge is 2.41. The standard InChI is InChI=1S/C20H27NOSi/c1-16(20(22)21(2)3)19(17-12-8-6-9-13-17)23(4,5)18-14-10-7-11-15-18/h6-16,19H,1-5H3/t16-,19-/m1/s1. The monoisotopic (exact) mass is 325 g/mol. The Morgan fingerprint density at radius 2 is 1.39 bits per heavy atom. The largest absolute Gasteiger partial charge is 0.349 e. The van der Waals surface area contributed by atoms with Crippen molar-refractivity contribution in [2.24, 2.45) is 5.92 Å². The van der Waals surface area contributed by atoms with Gasteiger partial charge in [-0.2, -0.15) is 0 Å². The summed E-state index contributed by atoms with van der Waals surface area (Å²) in [4.78, 5) is 14.4. The van der Waals surface area contributed by atoms with Crippen molar-refractivity contribution in [3.8, 4) is 0 Å². The minimum absolute atomic E-state index is 0.0331. The number of carbonyl (C=O) groups excluding carboxylic acids is 1. The van der Waals surface area contributed by atoms with E-state index in [1.54, 1.807) is 4.90 Å². The average molecular weight is 326 g/mol.